The van der Waals surface area contributed by atoms with Gasteiger partial charge < -0.3 is 10.3 Å². The Morgan fingerprint density at radius 3 is 2.61 bits per heavy atom. The summed E-state index contributed by atoms with van der Waals surface area (Å²) in [6.07, 6.45) is 7.86. The predicted octanol–water partition coefficient (Wildman–Crippen LogP) is 5.14. The van der Waals surface area contributed by atoms with Gasteiger partial charge in [0.1, 0.15) is 22.6 Å². The molecule has 0 atom stereocenters. The molecule has 0 spiro atoms. The Bertz CT molecular complexity index is 1820. The van der Waals surface area contributed by atoms with Gasteiger partial charge in [-0.3, -0.25) is 29.8 Å². The van der Waals surface area contributed by atoms with E-state index in [2.05, 4.69) is 40.4 Å². The highest BCUT2D eigenvalue weighted by Gasteiger charge is 2.23. The molecule has 3 N–H and O–H groups in total. The van der Waals surface area contributed by atoms with Crippen LogP contribution >= 0.6 is 0 Å². The van der Waals surface area contributed by atoms with Crippen LogP contribution in [0.1, 0.15) is 20.8 Å². The normalized spacial score (nSPS) is 11.8. The molecule has 6 heterocycles. The first kappa shape index (κ1) is 23.3. The predicted molar refractivity (Wildman–Crippen MR) is 141 cm³/mol. The lowest BCUT2D eigenvalue weighted by atomic mass is 9.95. The van der Waals surface area contributed by atoms with Gasteiger partial charge in [0, 0.05) is 29.6 Å². The number of fused-ring (bicyclic) bond motifs is 2. The van der Waals surface area contributed by atoms with Crippen molar-refractivity contribution < 1.29 is 9.18 Å². The quantitative estimate of drug-likeness (QED) is 0.300. The molecular weight excluding hydrogens is 485 g/mol. The number of rotatable bonds is 4. The number of imidazole rings is 1. The van der Waals surface area contributed by atoms with Gasteiger partial charge in [0.05, 0.1) is 40.2 Å². The second-order valence-electron chi connectivity index (χ2n) is 9.80. The van der Waals surface area contributed by atoms with Gasteiger partial charge >= 0.3 is 0 Å². The molecule has 0 aliphatic rings. The van der Waals surface area contributed by atoms with Crippen molar-refractivity contribution in [3.8, 4) is 34.2 Å². The van der Waals surface area contributed by atoms with E-state index in [9.17, 15) is 4.79 Å². The number of anilines is 1. The lowest BCUT2D eigenvalue weighted by Gasteiger charge is -2.17. The van der Waals surface area contributed by atoms with Crippen molar-refractivity contribution in [2.75, 3.05) is 5.32 Å². The largest absolute Gasteiger partial charge is 0.336 e. The molecule has 0 radical (unpaired) electrons. The molecule has 6 aromatic heterocycles. The van der Waals surface area contributed by atoms with E-state index in [1.165, 1.54) is 18.6 Å². The van der Waals surface area contributed by atoms with E-state index in [0.29, 0.717) is 50.7 Å². The van der Waals surface area contributed by atoms with Crippen LogP contribution in [0.3, 0.4) is 0 Å². The molecule has 0 fully saturated rings. The molecule has 0 aromatic carbocycles. The first-order valence-corrected chi connectivity index (χ1v) is 11.9. The van der Waals surface area contributed by atoms with Crippen LogP contribution in [0.15, 0.2) is 61.3 Å². The molecule has 0 aliphatic heterocycles. The molecule has 11 heteroatoms. The minimum absolute atomic E-state index is 0.0754. The van der Waals surface area contributed by atoms with Crippen LogP contribution in [0.2, 0.25) is 0 Å². The number of nitrogens with one attached hydrogen (secondary N) is 3. The third kappa shape index (κ3) is 4.03. The van der Waals surface area contributed by atoms with Gasteiger partial charge in [-0.1, -0.05) is 26.8 Å². The molecule has 188 valence electrons. The molecule has 38 heavy (non-hydrogen) atoms. The zero-order chi connectivity index (χ0) is 26.4. The van der Waals surface area contributed by atoms with E-state index in [1.54, 1.807) is 24.5 Å². The zero-order valence-corrected chi connectivity index (χ0v) is 20.7. The fraction of sp³-hybridized carbons (Fsp3) is 0.148. The average molecular weight is 508 g/mol. The summed E-state index contributed by atoms with van der Waals surface area (Å²) in [5.74, 6) is -0.394. The van der Waals surface area contributed by atoms with Crippen molar-refractivity contribution in [2.45, 2.75) is 20.8 Å². The van der Waals surface area contributed by atoms with E-state index < -0.39 is 11.2 Å². The highest BCUT2D eigenvalue weighted by molar-refractivity contribution is 5.98. The topological polar surface area (TPSA) is 138 Å². The van der Waals surface area contributed by atoms with Gasteiger partial charge in [-0.15, -0.1) is 0 Å². The maximum atomic E-state index is 16.0. The summed E-state index contributed by atoms with van der Waals surface area (Å²) < 4.78 is 16.0. The summed E-state index contributed by atoms with van der Waals surface area (Å²) in [7, 11) is 0. The molecule has 10 nitrogen and oxygen atoms in total. The Morgan fingerprint density at radius 1 is 0.947 bits per heavy atom. The molecule has 0 bridgehead atoms. The number of hydrogen-bond acceptors (Lipinski definition) is 7. The third-order valence-corrected chi connectivity index (χ3v) is 6.03. The zero-order valence-electron chi connectivity index (χ0n) is 20.7. The number of carbonyl (C=O) groups excluding carboxylic acids is 1. The first-order chi connectivity index (χ1) is 18.3. The Hall–Kier alpha value is -5.06. The van der Waals surface area contributed by atoms with Crippen LogP contribution in [0, 0.1) is 11.2 Å². The van der Waals surface area contributed by atoms with E-state index in [1.807, 2.05) is 39.0 Å². The maximum absolute atomic E-state index is 16.0. The number of nitrogens with zero attached hydrogens (tertiary/aromatic N) is 6. The highest BCUT2D eigenvalue weighted by Crippen LogP contribution is 2.34. The van der Waals surface area contributed by atoms with Gasteiger partial charge in [-0.05, 0) is 24.3 Å². The van der Waals surface area contributed by atoms with Crippen LogP contribution in [0.5, 0.6) is 0 Å². The third-order valence-electron chi connectivity index (χ3n) is 6.03. The van der Waals surface area contributed by atoms with E-state index in [-0.39, 0.29) is 17.0 Å². The van der Waals surface area contributed by atoms with Crippen LogP contribution in [0.4, 0.5) is 10.1 Å². The first-order valence-electron chi connectivity index (χ1n) is 11.9. The Labute approximate surface area is 215 Å². The molecule has 1 amide bonds. The van der Waals surface area contributed by atoms with Crippen LogP contribution in [-0.2, 0) is 4.79 Å². The standard InChI is InChI=1S/C27H22FN9O/c1-27(2,3)26(38)33-15-10-14(11-29-12-15)21-20(28)19-18(13-32-21)36-37-24(19)25-34-17-7-9-31-22(23(17)35-25)16-6-4-5-8-30-16/h4-13H,1-3H3,(H,33,38)(H,34,35)(H,36,37). The Balaban J connectivity index is 1.44. The molecule has 6 aromatic rings. The van der Waals surface area contributed by atoms with Crippen molar-refractivity contribution >= 4 is 33.5 Å². The maximum Gasteiger partial charge on any atom is 0.229 e. The van der Waals surface area contributed by atoms with Crippen molar-refractivity contribution in [3.63, 3.8) is 0 Å². The van der Waals surface area contributed by atoms with Gasteiger partial charge in [0.2, 0.25) is 5.91 Å². The van der Waals surface area contributed by atoms with Gasteiger partial charge in [-0.2, -0.15) is 5.10 Å². The summed E-state index contributed by atoms with van der Waals surface area (Å²) >= 11 is 0. The number of H-pyrrole nitrogens is 2. The van der Waals surface area contributed by atoms with Gasteiger partial charge in [-0.25, -0.2) is 9.37 Å². The average Bonchev–Trinajstić information content (AvgIpc) is 3.54. The summed E-state index contributed by atoms with van der Waals surface area (Å²) in [6.45, 7) is 5.42. The Kier molecular flexibility index (Phi) is 5.41. The summed E-state index contributed by atoms with van der Waals surface area (Å²) in [6, 6.07) is 8.98. The monoisotopic (exact) mass is 507 g/mol. The number of amides is 1. The smallest absolute Gasteiger partial charge is 0.229 e. The van der Waals surface area contributed by atoms with Crippen molar-refractivity contribution in [2.24, 2.45) is 5.41 Å². The molecule has 6 rings (SSSR count). The van der Waals surface area contributed by atoms with E-state index in [4.69, 9.17) is 4.98 Å². The van der Waals surface area contributed by atoms with Gasteiger partial charge in [0.15, 0.2) is 11.6 Å². The van der Waals surface area contributed by atoms with Crippen LogP contribution < -0.4 is 5.32 Å². The number of hydrogen-bond donors (Lipinski definition) is 3. The fourth-order valence-corrected chi connectivity index (χ4v) is 4.04. The summed E-state index contributed by atoms with van der Waals surface area (Å²) in [5.41, 5.74) is 3.64. The number of carbonyl (C=O) groups is 1. The summed E-state index contributed by atoms with van der Waals surface area (Å²) in [5, 5.41) is 10.2. The minimum Gasteiger partial charge on any atom is -0.336 e. The lowest BCUT2D eigenvalue weighted by molar-refractivity contribution is -0.123. The van der Waals surface area contributed by atoms with Crippen molar-refractivity contribution in [1.82, 2.24) is 40.1 Å². The second-order valence-corrected chi connectivity index (χ2v) is 9.80. The number of aromatic amines is 2. The van der Waals surface area contributed by atoms with Crippen LogP contribution in [-0.4, -0.2) is 46.0 Å². The second kappa shape index (κ2) is 8.80. The number of pyridine rings is 4. The van der Waals surface area contributed by atoms with E-state index in [0.717, 1.165) is 0 Å². The van der Waals surface area contributed by atoms with Crippen molar-refractivity contribution in [1.29, 1.82) is 0 Å². The highest BCUT2D eigenvalue weighted by atomic mass is 19.1. The number of halogens is 1. The Morgan fingerprint density at radius 2 is 1.82 bits per heavy atom. The molecule has 0 aliphatic carbocycles. The molecule has 0 unspecified atom stereocenters. The fourth-order valence-electron chi connectivity index (χ4n) is 4.04. The lowest BCUT2D eigenvalue weighted by Crippen LogP contribution is -2.27. The van der Waals surface area contributed by atoms with Crippen molar-refractivity contribution in [3.05, 3.63) is 67.1 Å². The summed E-state index contributed by atoms with van der Waals surface area (Å²) in [4.78, 5) is 37.7. The SMILES string of the molecule is CC(C)(C)C(=O)Nc1cncc(-c2ncc3[nH]nc(-c4nc5c(-c6ccccn6)nccc5[nH]4)c3c2F)c1. The molecular formula is C27H22FN9O. The number of aromatic nitrogens is 8. The van der Waals surface area contributed by atoms with Gasteiger partial charge in [0.25, 0.3) is 0 Å². The van der Waals surface area contributed by atoms with Crippen LogP contribution in [0.25, 0.3) is 56.1 Å². The molecule has 0 saturated heterocycles. The minimum atomic E-state index is -0.595. The molecule has 0 saturated carbocycles. The van der Waals surface area contributed by atoms with E-state index >= 15 is 4.39 Å².